The van der Waals surface area contributed by atoms with Crippen molar-refractivity contribution in [2.24, 2.45) is 11.0 Å². The Morgan fingerprint density at radius 3 is 2.67 bits per heavy atom. The zero-order valence-electron chi connectivity index (χ0n) is 12.4. The standard InChI is InChI=1S/C16H13FN4O3/c17-9-4-6-10(7-5-9)18-20-16(24)21-19-13-8-12-11(15(13)23)2-1-3-14(12)22/h1-7,12,18H,8H2,(H2,20,21,24). The van der Waals surface area contributed by atoms with Gasteiger partial charge in [-0.1, -0.05) is 12.2 Å². The van der Waals surface area contributed by atoms with Gasteiger partial charge in [-0.15, -0.1) is 0 Å². The highest BCUT2D eigenvalue weighted by Crippen LogP contribution is 2.29. The molecule has 1 fully saturated rings. The molecule has 1 unspecified atom stereocenters. The number of urea groups is 1. The van der Waals surface area contributed by atoms with Gasteiger partial charge in [0.1, 0.15) is 11.5 Å². The van der Waals surface area contributed by atoms with E-state index < -0.39 is 17.8 Å². The van der Waals surface area contributed by atoms with E-state index in [0.717, 1.165) is 0 Å². The molecule has 0 aromatic heterocycles. The van der Waals surface area contributed by atoms with Crippen LogP contribution in [0, 0.1) is 11.7 Å². The van der Waals surface area contributed by atoms with Gasteiger partial charge in [0.05, 0.1) is 11.6 Å². The molecule has 1 saturated carbocycles. The lowest BCUT2D eigenvalue weighted by atomic mass is 9.93. The molecule has 24 heavy (non-hydrogen) atoms. The smallest absolute Gasteiger partial charge is 0.297 e. The third kappa shape index (κ3) is 3.22. The second kappa shape index (κ2) is 6.45. The average Bonchev–Trinajstić information content (AvgIpc) is 2.90. The number of allylic oxidation sites excluding steroid dienone is 4. The maximum atomic E-state index is 12.8. The highest BCUT2D eigenvalue weighted by Gasteiger charge is 2.38. The zero-order valence-corrected chi connectivity index (χ0v) is 12.4. The van der Waals surface area contributed by atoms with Crippen molar-refractivity contribution in [1.82, 2.24) is 10.9 Å². The van der Waals surface area contributed by atoms with Gasteiger partial charge >= 0.3 is 6.03 Å². The van der Waals surface area contributed by atoms with Crippen LogP contribution in [-0.2, 0) is 9.59 Å². The van der Waals surface area contributed by atoms with Gasteiger partial charge in [0.2, 0.25) is 5.78 Å². The minimum atomic E-state index is -0.701. The Bertz CT molecular complexity index is 796. The van der Waals surface area contributed by atoms with Gasteiger partial charge in [-0.3, -0.25) is 20.4 Å². The van der Waals surface area contributed by atoms with Crippen molar-refractivity contribution in [3.8, 4) is 0 Å². The molecule has 1 aromatic rings. The van der Waals surface area contributed by atoms with E-state index in [4.69, 9.17) is 0 Å². The number of carbonyl (C=O) groups is 3. The molecule has 0 bridgehead atoms. The molecule has 122 valence electrons. The molecule has 2 amide bonds. The minimum Gasteiger partial charge on any atom is -0.297 e. The van der Waals surface area contributed by atoms with Crippen LogP contribution in [0.15, 0.2) is 53.2 Å². The Kier molecular flexibility index (Phi) is 4.19. The predicted molar refractivity (Wildman–Crippen MR) is 84.5 cm³/mol. The first kappa shape index (κ1) is 15.6. The summed E-state index contributed by atoms with van der Waals surface area (Å²) in [6, 6.07) is 4.66. The van der Waals surface area contributed by atoms with Crippen molar-refractivity contribution < 1.29 is 18.8 Å². The zero-order chi connectivity index (χ0) is 17.1. The summed E-state index contributed by atoms with van der Waals surface area (Å²) in [5.74, 6) is -1.39. The van der Waals surface area contributed by atoms with E-state index in [1.165, 1.54) is 36.4 Å². The van der Waals surface area contributed by atoms with Gasteiger partial charge in [0.15, 0.2) is 5.78 Å². The van der Waals surface area contributed by atoms with Crippen molar-refractivity contribution in [3.63, 3.8) is 0 Å². The number of nitrogens with one attached hydrogen (secondary N) is 3. The molecule has 3 N–H and O–H groups in total. The number of ketones is 2. The number of hydrazine groups is 1. The molecular weight excluding hydrogens is 315 g/mol. The number of hydrazone groups is 1. The molecule has 0 saturated heterocycles. The minimum absolute atomic E-state index is 0.125. The number of halogens is 1. The van der Waals surface area contributed by atoms with E-state index >= 15 is 0 Å². The average molecular weight is 328 g/mol. The molecular formula is C16H13FN4O3. The van der Waals surface area contributed by atoms with Gasteiger partial charge < -0.3 is 0 Å². The van der Waals surface area contributed by atoms with Crippen LogP contribution in [0.25, 0.3) is 0 Å². The first-order chi connectivity index (χ1) is 11.5. The summed E-state index contributed by atoms with van der Waals surface area (Å²) >= 11 is 0. The lowest BCUT2D eigenvalue weighted by Gasteiger charge is -2.08. The molecule has 0 heterocycles. The molecule has 0 radical (unpaired) electrons. The Morgan fingerprint density at radius 1 is 1.21 bits per heavy atom. The predicted octanol–water partition coefficient (Wildman–Crippen LogP) is 1.46. The molecule has 0 spiro atoms. The molecule has 1 atom stereocenters. The number of benzene rings is 1. The summed E-state index contributed by atoms with van der Waals surface area (Å²) in [7, 11) is 0. The van der Waals surface area contributed by atoms with Gasteiger partial charge in [-0.2, -0.15) is 5.10 Å². The van der Waals surface area contributed by atoms with E-state index in [1.807, 2.05) is 0 Å². The fourth-order valence-corrected chi connectivity index (χ4v) is 2.43. The quantitative estimate of drug-likeness (QED) is 0.731. The van der Waals surface area contributed by atoms with Crippen LogP contribution in [0.3, 0.4) is 0 Å². The number of amides is 2. The van der Waals surface area contributed by atoms with Crippen molar-refractivity contribution in [3.05, 3.63) is 53.9 Å². The van der Waals surface area contributed by atoms with Crippen LogP contribution in [-0.4, -0.2) is 23.3 Å². The van der Waals surface area contributed by atoms with Crippen LogP contribution in [0.2, 0.25) is 0 Å². The molecule has 0 aliphatic heterocycles. The summed E-state index contributed by atoms with van der Waals surface area (Å²) in [5, 5.41) is 3.77. The SMILES string of the molecule is O=C(NN=C1CC2C(=O)C=CC=C2C1=O)NNc1ccc(F)cc1. The number of nitrogens with zero attached hydrogens (tertiary/aromatic N) is 1. The Balaban J connectivity index is 1.56. The highest BCUT2D eigenvalue weighted by molar-refractivity contribution is 6.50. The monoisotopic (exact) mass is 328 g/mol. The fraction of sp³-hybridized carbons (Fsp3) is 0.125. The summed E-state index contributed by atoms with van der Waals surface area (Å²) in [6.07, 6.45) is 4.70. The molecule has 1 aromatic carbocycles. The maximum Gasteiger partial charge on any atom is 0.353 e. The molecule has 3 rings (SSSR count). The first-order valence-corrected chi connectivity index (χ1v) is 7.15. The summed E-state index contributed by atoms with van der Waals surface area (Å²) in [5.41, 5.74) is 8.03. The van der Waals surface area contributed by atoms with E-state index in [0.29, 0.717) is 11.3 Å². The normalized spacial score (nSPS) is 20.6. The molecule has 8 heteroatoms. The van der Waals surface area contributed by atoms with E-state index in [9.17, 15) is 18.8 Å². The van der Waals surface area contributed by atoms with Crippen LogP contribution in [0.4, 0.5) is 14.9 Å². The van der Waals surface area contributed by atoms with E-state index in [-0.39, 0.29) is 23.7 Å². The number of fused-ring (bicyclic) bond motifs is 1. The van der Waals surface area contributed by atoms with Gasteiger partial charge in [-0.25, -0.2) is 14.6 Å². The van der Waals surface area contributed by atoms with Gasteiger partial charge in [0.25, 0.3) is 0 Å². The van der Waals surface area contributed by atoms with Crippen molar-refractivity contribution >= 4 is 29.0 Å². The molecule has 2 aliphatic rings. The van der Waals surface area contributed by atoms with Crippen molar-refractivity contribution in [2.75, 3.05) is 5.43 Å². The Hall–Kier alpha value is -3.29. The number of hydrogen-bond acceptors (Lipinski definition) is 5. The van der Waals surface area contributed by atoms with E-state index in [1.54, 1.807) is 6.08 Å². The Morgan fingerprint density at radius 2 is 1.96 bits per heavy atom. The number of hydrogen-bond donors (Lipinski definition) is 3. The van der Waals surface area contributed by atoms with Crippen LogP contribution in [0.5, 0.6) is 0 Å². The molecule has 7 nitrogen and oxygen atoms in total. The van der Waals surface area contributed by atoms with Crippen molar-refractivity contribution in [2.45, 2.75) is 6.42 Å². The third-order valence-electron chi connectivity index (χ3n) is 3.63. The van der Waals surface area contributed by atoms with E-state index in [2.05, 4.69) is 21.4 Å². The third-order valence-corrected chi connectivity index (χ3v) is 3.63. The molecule has 2 aliphatic carbocycles. The number of Topliss-reactive ketones (excluding diaryl/α,β-unsaturated/α-hetero) is 1. The number of anilines is 1. The summed E-state index contributed by atoms with van der Waals surface area (Å²) < 4.78 is 12.8. The van der Waals surface area contributed by atoms with Crippen LogP contribution in [0.1, 0.15) is 6.42 Å². The topological polar surface area (TPSA) is 99.7 Å². The lowest BCUT2D eigenvalue weighted by Crippen LogP contribution is -2.37. The summed E-state index contributed by atoms with van der Waals surface area (Å²) in [4.78, 5) is 35.5. The largest absolute Gasteiger partial charge is 0.353 e. The first-order valence-electron chi connectivity index (χ1n) is 7.15. The highest BCUT2D eigenvalue weighted by atomic mass is 19.1. The van der Waals surface area contributed by atoms with Gasteiger partial charge in [0, 0.05) is 12.0 Å². The number of carbonyl (C=O) groups excluding carboxylic acids is 3. The lowest BCUT2D eigenvalue weighted by molar-refractivity contribution is -0.118. The van der Waals surface area contributed by atoms with Gasteiger partial charge in [-0.05, 0) is 30.3 Å². The second-order valence-corrected chi connectivity index (χ2v) is 5.23. The Labute approximate surface area is 136 Å². The van der Waals surface area contributed by atoms with Crippen molar-refractivity contribution in [1.29, 1.82) is 0 Å². The summed E-state index contributed by atoms with van der Waals surface area (Å²) in [6.45, 7) is 0. The second-order valence-electron chi connectivity index (χ2n) is 5.23. The number of rotatable bonds is 3. The van der Waals surface area contributed by atoms with Crippen LogP contribution < -0.4 is 16.3 Å². The fourth-order valence-electron chi connectivity index (χ4n) is 2.43. The maximum absolute atomic E-state index is 12.8. The van der Waals surface area contributed by atoms with Crippen LogP contribution >= 0.6 is 0 Å².